The largest absolute Gasteiger partial charge is 0.311 e. The van der Waals surface area contributed by atoms with E-state index in [1.54, 1.807) is 10.9 Å². The van der Waals surface area contributed by atoms with Crippen molar-refractivity contribution in [3.05, 3.63) is 65.6 Å². The highest BCUT2D eigenvalue weighted by atomic mass is 16.2. The maximum atomic E-state index is 12.5. The van der Waals surface area contributed by atoms with Crippen molar-refractivity contribution in [3.63, 3.8) is 0 Å². The third-order valence-corrected chi connectivity index (χ3v) is 4.04. The van der Waals surface area contributed by atoms with E-state index < -0.39 is 0 Å². The van der Waals surface area contributed by atoms with E-state index in [2.05, 4.69) is 40.6 Å². The Morgan fingerprint density at radius 1 is 1.24 bits per heavy atom. The van der Waals surface area contributed by atoms with Gasteiger partial charge < -0.3 is 5.32 Å². The lowest BCUT2D eigenvalue weighted by Gasteiger charge is -2.14. The second-order valence-electron chi connectivity index (χ2n) is 6.44. The summed E-state index contributed by atoms with van der Waals surface area (Å²) in [5.74, 6) is 0.486. The summed E-state index contributed by atoms with van der Waals surface area (Å²) in [6.07, 6.45) is 3.57. The molecule has 1 atom stereocenters. The highest BCUT2D eigenvalue weighted by Crippen LogP contribution is 2.15. The fourth-order valence-corrected chi connectivity index (χ4v) is 2.77. The predicted molar refractivity (Wildman–Crippen MR) is 97.3 cm³/mol. The molecule has 2 heterocycles. The zero-order chi connectivity index (χ0) is 17.8. The first-order valence-corrected chi connectivity index (χ1v) is 8.39. The summed E-state index contributed by atoms with van der Waals surface area (Å²) in [5, 5.41) is 11.7. The van der Waals surface area contributed by atoms with Gasteiger partial charge in [-0.1, -0.05) is 36.8 Å². The molecule has 1 amide bonds. The van der Waals surface area contributed by atoms with Crippen LogP contribution >= 0.6 is 0 Å². The number of nitrogens with zero attached hydrogens (tertiary/aromatic N) is 4. The lowest BCUT2D eigenvalue weighted by molar-refractivity contribution is -0.119. The molecule has 0 radical (unpaired) electrons. The molecule has 6 nitrogen and oxygen atoms in total. The topological polar surface area (TPSA) is 64.7 Å². The van der Waals surface area contributed by atoms with E-state index in [1.165, 1.54) is 5.56 Å². The fourth-order valence-electron chi connectivity index (χ4n) is 2.77. The Kier molecular flexibility index (Phi) is 4.97. The van der Waals surface area contributed by atoms with Gasteiger partial charge >= 0.3 is 0 Å². The van der Waals surface area contributed by atoms with Gasteiger partial charge in [-0.05, 0) is 25.5 Å². The van der Waals surface area contributed by atoms with Crippen LogP contribution in [0.25, 0.3) is 0 Å². The van der Waals surface area contributed by atoms with Crippen molar-refractivity contribution in [2.75, 3.05) is 5.32 Å². The van der Waals surface area contributed by atoms with Crippen molar-refractivity contribution < 1.29 is 4.79 Å². The standard InChI is InChI=1S/C19H23N5O/c1-14-6-4-7-17(10-14)13-24-18(11-16(3)22-24)21-19(25)15(2)12-23-9-5-8-20-23/h4-11,15H,12-13H2,1-3H3,(H,21,25). The number of anilines is 1. The maximum Gasteiger partial charge on any atom is 0.230 e. The first kappa shape index (κ1) is 17.0. The number of hydrogen-bond donors (Lipinski definition) is 1. The van der Waals surface area contributed by atoms with Crippen molar-refractivity contribution in [1.29, 1.82) is 0 Å². The molecule has 1 unspecified atom stereocenters. The minimum absolute atomic E-state index is 0.0408. The Hall–Kier alpha value is -2.89. The maximum absolute atomic E-state index is 12.5. The Bertz CT molecular complexity index is 851. The van der Waals surface area contributed by atoms with Crippen LogP contribution in [0.3, 0.4) is 0 Å². The molecule has 1 aromatic carbocycles. The van der Waals surface area contributed by atoms with E-state index in [0.717, 1.165) is 17.1 Å². The molecule has 130 valence electrons. The molecule has 0 aliphatic rings. The van der Waals surface area contributed by atoms with Crippen LogP contribution in [0, 0.1) is 19.8 Å². The molecule has 3 aromatic rings. The molecule has 0 bridgehead atoms. The van der Waals surface area contributed by atoms with Crippen molar-refractivity contribution >= 4 is 11.7 Å². The van der Waals surface area contributed by atoms with E-state index in [9.17, 15) is 4.79 Å². The van der Waals surface area contributed by atoms with Gasteiger partial charge in [-0.3, -0.25) is 9.48 Å². The van der Waals surface area contributed by atoms with Crippen LogP contribution in [0.2, 0.25) is 0 Å². The summed E-state index contributed by atoms with van der Waals surface area (Å²) in [6, 6.07) is 12.0. The zero-order valence-corrected chi connectivity index (χ0v) is 14.8. The summed E-state index contributed by atoms with van der Waals surface area (Å²) in [5.41, 5.74) is 3.24. The average molecular weight is 337 g/mol. The highest BCUT2D eigenvalue weighted by molar-refractivity contribution is 5.91. The fraction of sp³-hybridized carbons (Fsp3) is 0.316. The van der Waals surface area contributed by atoms with Gasteiger partial charge in [0.05, 0.1) is 24.7 Å². The smallest absolute Gasteiger partial charge is 0.230 e. The lowest BCUT2D eigenvalue weighted by atomic mass is 10.1. The average Bonchev–Trinajstić information content (AvgIpc) is 3.17. The van der Waals surface area contributed by atoms with E-state index in [4.69, 9.17) is 0 Å². The van der Waals surface area contributed by atoms with Crippen LogP contribution in [-0.2, 0) is 17.9 Å². The first-order chi connectivity index (χ1) is 12.0. The number of amides is 1. The second kappa shape index (κ2) is 7.34. The van der Waals surface area contributed by atoms with Gasteiger partial charge in [-0.15, -0.1) is 0 Å². The molecular weight excluding hydrogens is 314 g/mol. The number of aryl methyl sites for hydroxylation is 2. The Morgan fingerprint density at radius 3 is 2.80 bits per heavy atom. The Labute approximate surface area is 147 Å². The lowest BCUT2D eigenvalue weighted by Crippen LogP contribution is -2.26. The zero-order valence-electron chi connectivity index (χ0n) is 14.8. The summed E-state index contributed by atoms with van der Waals surface area (Å²) in [6.45, 7) is 7.06. The number of benzene rings is 1. The number of aromatic nitrogens is 4. The van der Waals surface area contributed by atoms with Gasteiger partial charge in [0.25, 0.3) is 0 Å². The predicted octanol–water partition coefficient (Wildman–Crippen LogP) is 3.02. The number of nitrogens with one attached hydrogen (secondary N) is 1. The number of carbonyl (C=O) groups excluding carboxylic acids is 1. The van der Waals surface area contributed by atoms with Crippen LogP contribution in [0.1, 0.15) is 23.7 Å². The van der Waals surface area contributed by atoms with Gasteiger partial charge in [-0.25, -0.2) is 4.68 Å². The number of carbonyl (C=O) groups is 1. The molecule has 0 saturated heterocycles. The van der Waals surface area contributed by atoms with Crippen LogP contribution in [0.15, 0.2) is 48.8 Å². The number of rotatable bonds is 6. The summed E-state index contributed by atoms with van der Waals surface area (Å²) >= 11 is 0. The molecule has 0 spiro atoms. The van der Waals surface area contributed by atoms with E-state index in [0.29, 0.717) is 13.1 Å². The van der Waals surface area contributed by atoms with Crippen LogP contribution in [0.4, 0.5) is 5.82 Å². The highest BCUT2D eigenvalue weighted by Gasteiger charge is 2.16. The van der Waals surface area contributed by atoms with Gasteiger partial charge in [0.15, 0.2) is 0 Å². The third kappa shape index (κ3) is 4.35. The molecule has 0 fully saturated rings. The third-order valence-electron chi connectivity index (χ3n) is 4.04. The van der Waals surface area contributed by atoms with Crippen LogP contribution in [0.5, 0.6) is 0 Å². The minimum Gasteiger partial charge on any atom is -0.311 e. The monoisotopic (exact) mass is 337 g/mol. The number of hydrogen-bond acceptors (Lipinski definition) is 3. The molecule has 0 aliphatic heterocycles. The summed E-state index contributed by atoms with van der Waals surface area (Å²) < 4.78 is 3.60. The molecule has 0 saturated carbocycles. The molecule has 0 aliphatic carbocycles. The summed E-state index contributed by atoms with van der Waals surface area (Å²) in [7, 11) is 0. The summed E-state index contributed by atoms with van der Waals surface area (Å²) in [4.78, 5) is 12.5. The van der Waals surface area contributed by atoms with Crippen molar-refractivity contribution in [3.8, 4) is 0 Å². The van der Waals surface area contributed by atoms with Gasteiger partial charge in [-0.2, -0.15) is 10.2 Å². The Balaban J connectivity index is 1.70. The van der Waals surface area contributed by atoms with Crippen molar-refractivity contribution in [2.45, 2.75) is 33.9 Å². The van der Waals surface area contributed by atoms with E-state index in [1.807, 2.05) is 42.9 Å². The molecule has 25 heavy (non-hydrogen) atoms. The minimum atomic E-state index is -0.192. The Morgan fingerprint density at radius 2 is 2.08 bits per heavy atom. The molecule has 3 rings (SSSR count). The van der Waals surface area contributed by atoms with Gasteiger partial charge in [0, 0.05) is 18.5 Å². The SMILES string of the molecule is Cc1cccc(Cn2nc(C)cc2NC(=O)C(C)Cn2cccn2)c1. The van der Waals surface area contributed by atoms with E-state index in [-0.39, 0.29) is 11.8 Å². The van der Waals surface area contributed by atoms with Crippen LogP contribution < -0.4 is 5.32 Å². The van der Waals surface area contributed by atoms with Crippen molar-refractivity contribution in [1.82, 2.24) is 19.6 Å². The second-order valence-corrected chi connectivity index (χ2v) is 6.44. The van der Waals surface area contributed by atoms with Gasteiger partial charge in [0.2, 0.25) is 5.91 Å². The van der Waals surface area contributed by atoms with E-state index >= 15 is 0 Å². The molecule has 1 N–H and O–H groups in total. The normalized spacial score (nSPS) is 12.1. The molecule has 2 aromatic heterocycles. The van der Waals surface area contributed by atoms with Crippen molar-refractivity contribution in [2.24, 2.45) is 5.92 Å². The van der Waals surface area contributed by atoms with Gasteiger partial charge in [0.1, 0.15) is 5.82 Å². The quantitative estimate of drug-likeness (QED) is 0.752. The molecule has 6 heteroatoms. The first-order valence-electron chi connectivity index (χ1n) is 8.39. The molecular formula is C19H23N5O. The van der Waals surface area contributed by atoms with Crippen LogP contribution in [-0.4, -0.2) is 25.5 Å².